The molecule has 2 aliphatic carbocycles. The third-order valence-electron chi connectivity index (χ3n) is 26.1. The summed E-state index contributed by atoms with van der Waals surface area (Å²) < 4.78 is 0. The average Bonchev–Trinajstić information content (AvgIpc) is 1.52. The highest BCUT2D eigenvalue weighted by Crippen LogP contribution is 2.61. The quantitative estimate of drug-likeness (QED) is 0.102. The van der Waals surface area contributed by atoms with Crippen LogP contribution in [-0.2, 0) is 10.8 Å². The normalized spacial score (nSPS) is 12.7. The fourth-order valence-corrected chi connectivity index (χ4v) is 20.3. The van der Waals surface area contributed by atoms with Crippen molar-refractivity contribution >= 4 is 43.1 Å². The van der Waals surface area contributed by atoms with Crippen LogP contribution in [-0.4, -0.2) is 29.9 Å². The second-order valence-electron chi connectivity index (χ2n) is 33.0. The zero-order valence-corrected chi connectivity index (χ0v) is 68.6. The lowest BCUT2D eigenvalue weighted by Gasteiger charge is -2.34. The van der Waals surface area contributed by atoms with Gasteiger partial charge in [-0.3, -0.25) is 0 Å². The van der Waals surface area contributed by atoms with Crippen LogP contribution in [0.25, 0.3) is 189 Å². The van der Waals surface area contributed by atoms with Gasteiger partial charge < -0.3 is 0 Å². The van der Waals surface area contributed by atoms with Crippen molar-refractivity contribution in [2.45, 2.75) is 10.8 Å². The van der Waals surface area contributed by atoms with Gasteiger partial charge in [-0.25, -0.2) is 29.9 Å². The van der Waals surface area contributed by atoms with Gasteiger partial charge in [-0.15, -0.1) is 0 Å². The molecule has 0 amide bonds. The monoisotopic (exact) mass is 1600 g/mol. The van der Waals surface area contributed by atoms with Gasteiger partial charge in [-0.05, 0) is 202 Å². The van der Waals surface area contributed by atoms with Crippen molar-refractivity contribution in [3.8, 4) is 146 Å². The fraction of sp³-hybridized carbons (Fsp3) is 0.0167. The molecule has 0 fully saturated rings. The van der Waals surface area contributed by atoms with Crippen LogP contribution in [0.4, 0.5) is 0 Å². The maximum atomic E-state index is 5.44. The highest BCUT2D eigenvalue weighted by molar-refractivity contribution is 6.09. The van der Waals surface area contributed by atoms with Crippen LogP contribution in [0.5, 0.6) is 0 Å². The van der Waals surface area contributed by atoms with E-state index in [1.165, 1.54) is 110 Å². The number of fused-ring (bicyclic) bond motifs is 12. The maximum Gasteiger partial charge on any atom is 0.164 e. The lowest BCUT2D eigenvalue weighted by atomic mass is 9.66. The van der Waals surface area contributed by atoms with E-state index in [0.717, 1.165) is 88.7 Å². The SMILES string of the molecule is c1ccc(-c2nc(-c3ccccc3)nc(-c3ccc(-c4cccc(-c5ccc6ccc7c(c6c5)C(c5ccccc5)(c5ccccc5)c5ccc(-c6cccc(-c8nc(-c9ccc(-c%10ccc(-c%11ccc%12c%13c(ccc%12c%11)-c%11ccccc%11C%13(c%11ccccc%11)c%11ccccc%11)c%11ccccc%10%11)cc9)nc(-c9ccc%10ccccc%10c9)n8)c6)cc5-7)c4)cc3)n2)cc1. The number of rotatable bonds is 15. The van der Waals surface area contributed by atoms with Crippen molar-refractivity contribution in [2.75, 3.05) is 0 Å². The molecule has 0 aliphatic heterocycles. The molecule has 2 aliphatic rings. The molecule has 0 saturated heterocycles. The van der Waals surface area contributed by atoms with Crippen molar-refractivity contribution in [1.29, 1.82) is 0 Å². The summed E-state index contributed by atoms with van der Waals surface area (Å²) in [5.41, 5.74) is 30.4. The first kappa shape index (κ1) is 73.4. The molecular weight excluding hydrogens is 1530 g/mol. The molecular formula is C120H76N6. The van der Waals surface area contributed by atoms with Crippen molar-refractivity contribution in [2.24, 2.45) is 0 Å². The standard InChI is InChI=1S/C120H76N6/c1-7-28-81(29-8-1)113-121-114(82-30-9-2-10-31-82)123-115(122-113)83-55-49-78(50-56-83)86-33-25-34-87(71-86)89-59-54-80-61-66-106-108-76-90(64-70-110(108)120(112(106)107(80)75-89,97-41-15-5-16-42-97)98-43-17-6-18-44-98)88-35-26-36-93(73-88)117-124-116(125-118(126-117)94-60-51-77-27-19-20-32-85(77)72-94)84-57-52-79(53-58-84)99-68-69-100(103-46-22-21-45-102(99)103)91-62-65-101-92(74-91)63-67-105-104-47-23-24-48-109(104)119(111(101)105,95-37-11-3-12-38-95)96-39-13-4-14-40-96/h1-76H. The molecule has 2 aromatic heterocycles. The van der Waals surface area contributed by atoms with Crippen molar-refractivity contribution in [3.63, 3.8) is 0 Å². The molecule has 22 aromatic rings. The van der Waals surface area contributed by atoms with E-state index in [0.29, 0.717) is 34.9 Å². The van der Waals surface area contributed by atoms with Gasteiger partial charge in [0.2, 0.25) is 0 Å². The molecule has 0 bridgehead atoms. The predicted molar refractivity (Wildman–Crippen MR) is 518 cm³/mol. The number of hydrogen-bond acceptors (Lipinski definition) is 6. The van der Waals surface area contributed by atoms with Gasteiger partial charge in [0.05, 0.1) is 10.8 Å². The van der Waals surface area contributed by atoms with E-state index in [4.69, 9.17) is 29.9 Å². The molecule has 20 aromatic carbocycles. The molecule has 0 unspecified atom stereocenters. The van der Waals surface area contributed by atoms with E-state index in [-0.39, 0.29) is 0 Å². The van der Waals surface area contributed by atoms with Gasteiger partial charge in [0, 0.05) is 33.4 Å². The Morgan fingerprint density at radius 3 is 1.02 bits per heavy atom. The topological polar surface area (TPSA) is 77.3 Å². The highest BCUT2D eigenvalue weighted by Gasteiger charge is 2.49. The minimum atomic E-state index is -0.689. The summed E-state index contributed by atoms with van der Waals surface area (Å²) in [4.78, 5) is 31.2. The van der Waals surface area contributed by atoms with Crippen molar-refractivity contribution < 1.29 is 0 Å². The second kappa shape index (κ2) is 30.3. The van der Waals surface area contributed by atoms with Gasteiger partial charge in [-0.2, -0.15) is 0 Å². The molecule has 586 valence electrons. The summed E-state index contributed by atoms with van der Waals surface area (Å²) in [6.07, 6.45) is 0. The van der Waals surface area contributed by atoms with Crippen LogP contribution in [0.3, 0.4) is 0 Å². The zero-order chi connectivity index (χ0) is 83.2. The number of benzene rings is 20. The van der Waals surface area contributed by atoms with Crippen molar-refractivity contribution in [3.05, 3.63) is 506 Å². The predicted octanol–water partition coefficient (Wildman–Crippen LogP) is 29.7. The van der Waals surface area contributed by atoms with E-state index < -0.39 is 10.8 Å². The van der Waals surface area contributed by atoms with Crippen LogP contribution < -0.4 is 0 Å². The van der Waals surface area contributed by atoms with Gasteiger partial charge in [0.25, 0.3) is 0 Å². The summed E-state index contributed by atoms with van der Waals surface area (Å²) in [5, 5.41) is 9.45. The molecule has 0 saturated carbocycles. The first-order valence-electron chi connectivity index (χ1n) is 43.1. The Balaban J connectivity index is 0.576. The molecule has 0 radical (unpaired) electrons. The molecule has 24 rings (SSSR count). The molecule has 0 N–H and O–H groups in total. The Morgan fingerprint density at radius 1 is 0.135 bits per heavy atom. The molecule has 126 heavy (non-hydrogen) atoms. The van der Waals surface area contributed by atoms with Crippen LogP contribution in [0.15, 0.2) is 461 Å². The number of hydrogen-bond donors (Lipinski definition) is 0. The van der Waals surface area contributed by atoms with Gasteiger partial charge in [0.15, 0.2) is 34.9 Å². The Labute approximate surface area is 730 Å². The second-order valence-corrected chi connectivity index (χ2v) is 33.0. The lowest BCUT2D eigenvalue weighted by Crippen LogP contribution is -2.28. The van der Waals surface area contributed by atoms with Crippen LogP contribution in [0.1, 0.15) is 44.5 Å². The molecule has 6 nitrogen and oxygen atoms in total. The maximum absolute atomic E-state index is 5.44. The minimum Gasteiger partial charge on any atom is -0.208 e. The summed E-state index contributed by atoms with van der Waals surface area (Å²) in [7, 11) is 0. The smallest absolute Gasteiger partial charge is 0.164 e. The largest absolute Gasteiger partial charge is 0.208 e. The van der Waals surface area contributed by atoms with Crippen LogP contribution in [0.2, 0.25) is 0 Å². The Morgan fingerprint density at radius 2 is 0.460 bits per heavy atom. The third kappa shape index (κ3) is 12.2. The summed E-state index contributed by atoms with van der Waals surface area (Å²) in [5.74, 6) is 3.66. The first-order valence-corrected chi connectivity index (χ1v) is 43.1. The van der Waals surface area contributed by atoms with Gasteiger partial charge in [0.1, 0.15) is 0 Å². The molecule has 2 heterocycles. The van der Waals surface area contributed by atoms with E-state index >= 15 is 0 Å². The molecule has 0 spiro atoms. The Kier molecular flexibility index (Phi) is 17.6. The van der Waals surface area contributed by atoms with E-state index in [1.807, 2.05) is 60.7 Å². The first-order chi connectivity index (χ1) is 62.4. The average molecular weight is 1600 g/mol. The van der Waals surface area contributed by atoms with Crippen LogP contribution >= 0.6 is 0 Å². The summed E-state index contributed by atoms with van der Waals surface area (Å²) >= 11 is 0. The zero-order valence-electron chi connectivity index (χ0n) is 68.6. The molecule has 6 heteroatoms. The van der Waals surface area contributed by atoms with E-state index in [1.54, 1.807) is 0 Å². The van der Waals surface area contributed by atoms with Crippen LogP contribution in [0, 0.1) is 0 Å². The van der Waals surface area contributed by atoms with Gasteiger partial charge >= 0.3 is 0 Å². The summed E-state index contributed by atoms with van der Waals surface area (Å²) in [6.45, 7) is 0. The van der Waals surface area contributed by atoms with Gasteiger partial charge in [-0.1, -0.05) is 425 Å². The third-order valence-corrected chi connectivity index (χ3v) is 26.1. The summed E-state index contributed by atoms with van der Waals surface area (Å²) in [6, 6.07) is 168. The fourth-order valence-electron chi connectivity index (χ4n) is 20.3. The molecule has 0 atom stereocenters. The lowest BCUT2D eigenvalue weighted by molar-refractivity contribution is 0.775. The minimum absolute atomic E-state index is 0.508. The van der Waals surface area contributed by atoms with Crippen molar-refractivity contribution in [1.82, 2.24) is 29.9 Å². The Bertz CT molecular complexity index is 7900. The van der Waals surface area contributed by atoms with E-state index in [2.05, 4.69) is 400 Å². The Hall–Kier alpha value is -16.5. The van der Waals surface area contributed by atoms with E-state index in [9.17, 15) is 0 Å². The number of aromatic nitrogens is 6. The highest BCUT2D eigenvalue weighted by atomic mass is 15.0. The number of nitrogens with zero attached hydrogens (tertiary/aromatic N) is 6.